The molecule has 1 aromatic rings. The molecule has 22 heavy (non-hydrogen) atoms. The molecule has 0 bridgehead atoms. The van der Waals surface area contributed by atoms with Crippen LogP contribution in [0.2, 0.25) is 0 Å². The summed E-state index contributed by atoms with van der Waals surface area (Å²) in [7, 11) is -3.33. The van der Waals surface area contributed by atoms with Crippen LogP contribution in [-0.2, 0) is 30.7 Å². The molecule has 122 valence electrons. The number of ether oxygens (including phenoxy) is 2. The number of sulfone groups is 1. The lowest BCUT2D eigenvalue weighted by atomic mass is 10.1. The molecule has 0 unspecified atom stereocenters. The molecule has 2 atom stereocenters. The molecule has 0 aliphatic carbocycles. The van der Waals surface area contributed by atoms with Gasteiger partial charge in [0.1, 0.15) is 11.9 Å². The molecule has 1 aliphatic heterocycles. The molecule has 1 heterocycles. The minimum atomic E-state index is -3.33. The van der Waals surface area contributed by atoms with E-state index >= 15 is 0 Å². The Morgan fingerprint density at radius 3 is 2.77 bits per heavy atom. The van der Waals surface area contributed by atoms with Crippen LogP contribution in [0.1, 0.15) is 12.0 Å². The second-order valence-electron chi connectivity index (χ2n) is 5.44. The highest BCUT2D eigenvalue weighted by atomic mass is 32.2. The highest BCUT2D eigenvalue weighted by molar-refractivity contribution is 7.91. The molecule has 1 N–H and O–H groups in total. The van der Waals surface area contributed by atoms with Crippen molar-refractivity contribution in [2.45, 2.75) is 25.2 Å². The molecule has 0 aromatic heterocycles. The van der Waals surface area contributed by atoms with Crippen LogP contribution in [0.5, 0.6) is 0 Å². The third-order valence-electron chi connectivity index (χ3n) is 3.35. The molecule has 0 saturated carbocycles. The van der Waals surface area contributed by atoms with Gasteiger partial charge in [-0.05, 0) is 12.0 Å². The van der Waals surface area contributed by atoms with Crippen molar-refractivity contribution < 1.29 is 22.7 Å². The fourth-order valence-corrected chi connectivity index (χ4v) is 2.86. The van der Waals surface area contributed by atoms with E-state index in [0.29, 0.717) is 26.2 Å². The molecule has 1 fully saturated rings. The Balaban J connectivity index is 1.89. The van der Waals surface area contributed by atoms with E-state index in [4.69, 9.17) is 9.47 Å². The molecule has 1 amide bonds. The zero-order chi connectivity index (χ0) is 16.0. The fourth-order valence-electron chi connectivity index (χ4n) is 2.31. The monoisotopic (exact) mass is 327 g/mol. The van der Waals surface area contributed by atoms with Gasteiger partial charge < -0.3 is 14.8 Å². The second kappa shape index (κ2) is 7.71. The number of rotatable bonds is 6. The summed E-state index contributed by atoms with van der Waals surface area (Å²) >= 11 is 0. The van der Waals surface area contributed by atoms with Crippen molar-refractivity contribution in [1.82, 2.24) is 5.32 Å². The molecule has 1 saturated heterocycles. The van der Waals surface area contributed by atoms with E-state index < -0.39 is 21.5 Å². The van der Waals surface area contributed by atoms with Gasteiger partial charge in [-0.3, -0.25) is 4.79 Å². The molecule has 1 aromatic carbocycles. The van der Waals surface area contributed by atoms with Gasteiger partial charge in [-0.25, -0.2) is 8.42 Å². The summed E-state index contributed by atoms with van der Waals surface area (Å²) in [6, 6.07) is 9.48. The molecule has 1 aliphatic rings. The first kappa shape index (κ1) is 16.9. The van der Waals surface area contributed by atoms with E-state index in [1.807, 2.05) is 30.3 Å². The van der Waals surface area contributed by atoms with Gasteiger partial charge in [0, 0.05) is 12.9 Å². The lowest BCUT2D eigenvalue weighted by Gasteiger charge is -2.32. The van der Waals surface area contributed by atoms with Gasteiger partial charge in [-0.15, -0.1) is 0 Å². The summed E-state index contributed by atoms with van der Waals surface area (Å²) in [6.45, 7) is 1.33. The van der Waals surface area contributed by atoms with E-state index in [9.17, 15) is 13.2 Å². The topological polar surface area (TPSA) is 81.7 Å². The van der Waals surface area contributed by atoms with Gasteiger partial charge in [-0.2, -0.15) is 0 Å². The molecule has 6 nitrogen and oxygen atoms in total. The minimum absolute atomic E-state index is 0.230. The van der Waals surface area contributed by atoms with Crippen molar-refractivity contribution in [1.29, 1.82) is 0 Å². The zero-order valence-electron chi connectivity index (χ0n) is 12.5. The predicted octanol–water partition coefficient (Wildman–Crippen LogP) is 0.522. The van der Waals surface area contributed by atoms with Crippen LogP contribution in [0.3, 0.4) is 0 Å². The Morgan fingerprint density at radius 2 is 2.09 bits per heavy atom. The molecular weight excluding hydrogens is 306 g/mol. The molecular formula is C15H21NO5S. The number of carbonyl (C=O) groups excluding carboxylic acids is 1. The van der Waals surface area contributed by atoms with Crippen LogP contribution in [0.4, 0.5) is 0 Å². The van der Waals surface area contributed by atoms with Gasteiger partial charge in [0.25, 0.3) is 0 Å². The van der Waals surface area contributed by atoms with Gasteiger partial charge in [0.2, 0.25) is 5.91 Å². The van der Waals surface area contributed by atoms with Crippen LogP contribution >= 0.6 is 0 Å². The average Bonchev–Trinajstić information content (AvgIpc) is 2.45. The van der Waals surface area contributed by atoms with Crippen molar-refractivity contribution in [3.63, 3.8) is 0 Å². The lowest BCUT2D eigenvalue weighted by Crippen LogP contribution is -2.51. The Kier molecular flexibility index (Phi) is 5.93. The Bertz CT molecular complexity index is 587. The number of carbonyl (C=O) groups is 1. The lowest BCUT2D eigenvalue weighted by molar-refractivity contribution is -0.124. The van der Waals surface area contributed by atoms with E-state index in [1.54, 1.807) is 0 Å². The van der Waals surface area contributed by atoms with Gasteiger partial charge in [0.15, 0.2) is 9.84 Å². The Hall–Kier alpha value is -1.44. The van der Waals surface area contributed by atoms with Crippen molar-refractivity contribution in [2.24, 2.45) is 0 Å². The SMILES string of the molecule is CS(=O)(=O)CC(=O)N[C@@H]1CCOC[C@H]1OCc1ccccc1. The molecule has 0 spiro atoms. The Labute approximate surface area is 130 Å². The first-order chi connectivity index (χ1) is 10.4. The van der Waals surface area contributed by atoms with Gasteiger partial charge in [-0.1, -0.05) is 30.3 Å². The van der Waals surface area contributed by atoms with Crippen molar-refractivity contribution in [3.8, 4) is 0 Å². The highest BCUT2D eigenvalue weighted by Crippen LogP contribution is 2.14. The summed E-state index contributed by atoms with van der Waals surface area (Å²) in [4.78, 5) is 11.8. The normalized spacial score (nSPS) is 22.2. The third kappa shape index (κ3) is 5.75. The maximum atomic E-state index is 11.8. The van der Waals surface area contributed by atoms with Crippen LogP contribution in [0, 0.1) is 0 Å². The fraction of sp³-hybridized carbons (Fsp3) is 0.533. The van der Waals surface area contributed by atoms with E-state index in [2.05, 4.69) is 5.32 Å². The van der Waals surface area contributed by atoms with E-state index in [1.165, 1.54) is 0 Å². The summed E-state index contributed by atoms with van der Waals surface area (Å²) in [5.41, 5.74) is 1.04. The van der Waals surface area contributed by atoms with Gasteiger partial charge >= 0.3 is 0 Å². The summed E-state index contributed by atoms with van der Waals surface area (Å²) in [5, 5.41) is 2.74. The molecule has 0 radical (unpaired) electrons. The van der Waals surface area contributed by atoms with Crippen molar-refractivity contribution in [2.75, 3.05) is 25.2 Å². The van der Waals surface area contributed by atoms with Gasteiger partial charge in [0.05, 0.1) is 19.3 Å². The maximum absolute atomic E-state index is 11.8. The average molecular weight is 327 g/mol. The number of amides is 1. The third-order valence-corrected chi connectivity index (χ3v) is 4.14. The first-order valence-corrected chi connectivity index (χ1v) is 9.20. The smallest absolute Gasteiger partial charge is 0.235 e. The molecule has 7 heteroatoms. The van der Waals surface area contributed by atoms with E-state index in [0.717, 1.165) is 11.8 Å². The molecule has 2 rings (SSSR count). The predicted molar refractivity (Wildman–Crippen MR) is 82.1 cm³/mol. The Morgan fingerprint density at radius 1 is 1.36 bits per heavy atom. The standard InChI is InChI=1S/C15H21NO5S/c1-22(18,19)11-15(17)16-13-7-8-20-10-14(13)21-9-12-5-3-2-4-6-12/h2-6,13-14H,7-11H2,1H3,(H,16,17)/t13-,14-/m1/s1. The van der Waals surface area contributed by atoms with Crippen molar-refractivity contribution in [3.05, 3.63) is 35.9 Å². The quantitative estimate of drug-likeness (QED) is 0.824. The summed E-state index contributed by atoms with van der Waals surface area (Å²) in [5.74, 6) is -1.00. The summed E-state index contributed by atoms with van der Waals surface area (Å²) in [6.07, 6.45) is 1.37. The second-order valence-corrected chi connectivity index (χ2v) is 7.58. The number of benzene rings is 1. The number of hydrogen-bond donors (Lipinski definition) is 1. The first-order valence-electron chi connectivity index (χ1n) is 7.14. The maximum Gasteiger partial charge on any atom is 0.235 e. The number of nitrogens with one attached hydrogen (secondary N) is 1. The van der Waals surface area contributed by atoms with Crippen LogP contribution in [0.15, 0.2) is 30.3 Å². The highest BCUT2D eigenvalue weighted by Gasteiger charge is 2.28. The van der Waals surface area contributed by atoms with Crippen LogP contribution in [-0.4, -0.2) is 51.7 Å². The zero-order valence-corrected chi connectivity index (χ0v) is 13.3. The number of hydrogen-bond acceptors (Lipinski definition) is 5. The largest absolute Gasteiger partial charge is 0.379 e. The van der Waals surface area contributed by atoms with E-state index in [-0.39, 0.29) is 12.1 Å². The minimum Gasteiger partial charge on any atom is -0.379 e. The van der Waals surface area contributed by atoms with Crippen LogP contribution < -0.4 is 5.32 Å². The van der Waals surface area contributed by atoms with Crippen molar-refractivity contribution >= 4 is 15.7 Å². The summed E-state index contributed by atoms with van der Waals surface area (Å²) < 4.78 is 33.5. The van der Waals surface area contributed by atoms with Crippen LogP contribution in [0.25, 0.3) is 0 Å².